The number of ether oxygens (including phenoxy) is 1. The van der Waals surface area contributed by atoms with E-state index in [2.05, 4.69) is 4.74 Å². The lowest BCUT2D eigenvalue weighted by molar-refractivity contribution is 0.0696. The monoisotopic (exact) mass is 195 g/mol. The van der Waals surface area contributed by atoms with E-state index in [1.54, 1.807) is 6.07 Å². The summed E-state index contributed by atoms with van der Waals surface area (Å²) in [5.41, 5.74) is -0.499. The van der Waals surface area contributed by atoms with Gasteiger partial charge in [0.15, 0.2) is 11.6 Å². The van der Waals surface area contributed by atoms with Crippen molar-refractivity contribution in [3.8, 4) is 11.8 Å². The van der Waals surface area contributed by atoms with E-state index in [9.17, 15) is 9.18 Å². The number of rotatable bonds is 2. The Morgan fingerprint density at radius 1 is 1.64 bits per heavy atom. The lowest BCUT2D eigenvalue weighted by Gasteiger charge is -2.04. The number of methoxy groups -OCH3 is 1. The molecule has 0 saturated heterocycles. The Morgan fingerprint density at radius 2 is 2.29 bits per heavy atom. The van der Waals surface area contributed by atoms with Crippen LogP contribution < -0.4 is 4.74 Å². The van der Waals surface area contributed by atoms with Crippen molar-refractivity contribution in [2.75, 3.05) is 7.11 Å². The van der Waals surface area contributed by atoms with Gasteiger partial charge in [-0.1, -0.05) is 0 Å². The Morgan fingerprint density at radius 3 is 2.71 bits per heavy atom. The third-order valence-corrected chi connectivity index (χ3v) is 1.64. The quantitative estimate of drug-likeness (QED) is 0.774. The molecule has 0 radical (unpaired) electrons. The minimum Gasteiger partial charge on any atom is -0.494 e. The Bertz CT molecular complexity index is 423. The zero-order chi connectivity index (χ0) is 10.7. The smallest absolute Gasteiger partial charge is 0.337 e. The van der Waals surface area contributed by atoms with Crippen LogP contribution in [0.3, 0.4) is 0 Å². The predicted molar refractivity (Wildman–Crippen MR) is 44.6 cm³/mol. The molecule has 0 bridgehead atoms. The number of carboxylic acid groups (broad SMARTS) is 1. The molecule has 0 heterocycles. The molecule has 72 valence electrons. The zero-order valence-corrected chi connectivity index (χ0v) is 7.24. The van der Waals surface area contributed by atoms with Crippen LogP contribution in [-0.4, -0.2) is 18.2 Å². The fourth-order valence-electron chi connectivity index (χ4n) is 0.979. The van der Waals surface area contributed by atoms with Crippen molar-refractivity contribution in [2.24, 2.45) is 0 Å². The molecule has 1 N–H and O–H groups in total. The molecule has 0 aliphatic heterocycles. The summed E-state index contributed by atoms with van der Waals surface area (Å²) >= 11 is 0. The molecular formula is C9H6FNO3. The van der Waals surface area contributed by atoms with Crippen molar-refractivity contribution in [1.82, 2.24) is 0 Å². The van der Waals surface area contributed by atoms with Crippen LogP contribution in [0.1, 0.15) is 15.9 Å². The highest BCUT2D eigenvalue weighted by molar-refractivity contribution is 5.90. The van der Waals surface area contributed by atoms with Gasteiger partial charge in [0.1, 0.15) is 6.07 Å². The van der Waals surface area contributed by atoms with E-state index < -0.39 is 11.8 Å². The summed E-state index contributed by atoms with van der Waals surface area (Å²) in [6.45, 7) is 0. The van der Waals surface area contributed by atoms with Crippen molar-refractivity contribution in [1.29, 1.82) is 5.26 Å². The number of nitriles is 1. The normalized spacial score (nSPS) is 9.21. The first-order valence-electron chi connectivity index (χ1n) is 3.61. The van der Waals surface area contributed by atoms with E-state index in [-0.39, 0.29) is 16.9 Å². The lowest BCUT2D eigenvalue weighted by Crippen LogP contribution is -2.02. The molecule has 0 amide bonds. The molecule has 0 aromatic heterocycles. The van der Waals surface area contributed by atoms with Gasteiger partial charge in [-0.25, -0.2) is 9.18 Å². The molecule has 0 fully saturated rings. The number of aromatic carboxylic acids is 1. The summed E-state index contributed by atoms with van der Waals surface area (Å²) in [4.78, 5) is 10.6. The number of benzene rings is 1. The van der Waals surface area contributed by atoms with Crippen LogP contribution in [0.2, 0.25) is 0 Å². The van der Waals surface area contributed by atoms with E-state index in [0.29, 0.717) is 0 Å². The second-order valence-electron chi connectivity index (χ2n) is 2.45. The predicted octanol–water partition coefficient (Wildman–Crippen LogP) is 1.40. The van der Waals surface area contributed by atoms with E-state index in [0.717, 1.165) is 12.1 Å². The van der Waals surface area contributed by atoms with Gasteiger partial charge in [-0.15, -0.1) is 0 Å². The van der Waals surface area contributed by atoms with Crippen molar-refractivity contribution in [2.45, 2.75) is 0 Å². The van der Waals surface area contributed by atoms with Gasteiger partial charge in [0.05, 0.1) is 18.2 Å². The standard InChI is InChI=1S/C9H6FNO3/c1-14-8-2-5(4-11)6(9(12)13)3-7(8)10/h2-3H,1H3,(H,12,13). The largest absolute Gasteiger partial charge is 0.494 e. The Hall–Kier alpha value is -2.09. The summed E-state index contributed by atoms with van der Waals surface area (Å²) < 4.78 is 17.6. The molecule has 1 rings (SSSR count). The van der Waals surface area contributed by atoms with Gasteiger partial charge >= 0.3 is 5.97 Å². The molecule has 0 spiro atoms. The van der Waals surface area contributed by atoms with Gasteiger partial charge in [-0.2, -0.15) is 5.26 Å². The highest BCUT2D eigenvalue weighted by Gasteiger charge is 2.14. The molecule has 1 aromatic rings. The van der Waals surface area contributed by atoms with Gasteiger partial charge in [-0.3, -0.25) is 0 Å². The van der Waals surface area contributed by atoms with Crippen molar-refractivity contribution < 1.29 is 19.0 Å². The van der Waals surface area contributed by atoms with Crippen LogP contribution in [0.5, 0.6) is 5.75 Å². The SMILES string of the molecule is COc1cc(C#N)c(C(=O)O)cc1F. The fourth-order valence-corrected chi connectivity index (χ4v) is 0.979. The minimum atomic E-state index is -1.34. The summed E-state index contributed by atoms with van der Waals surface area (Å²) in [6.07, 6.45) is 0. The van der Waals surface area contributed by atoms with Gasteiger partial charge < -0.3 is 9.84 Å². The Kier molecular flexibility index (Phi) is 2.67. The highest BCUT2D eigenvalue weighted by atomic mass is 19.1. The molecule has 0 aliphatic carbocycles. The summed E-state index contributed by atoms with van der Waals surface area (Å²) in [5, 5.41) is 17.2. The first kappa shape index (κ1) is 9.99. The summed E-state index contributed by atoms with van der Waals surface area (Å²) in [5.74, 6) is -2.29. The Balaban J connectivity index is 3.41. The molecule has 1 aromatic carbocycles. The van der Waals surface area contributed by atoms with Crippen molar-refractivity contribution in [3.63, 3.8) is 0 Å². The first-order valence-corrected chi connectivity index (χ1v) is 3.61. The lowest BCUT2D eigenvalue weighted by atomic mass is 10.1. The van der Waals surface area contributed by atoms with E-state index >= 15 is 0 Å². The molecule has 0 unspecified atom stereocenters. The third-order valence-electron chi connectivity index (χ3n) is 1.64. The summed E-state index contributed by atoms with van der Waals surface area (Å²) in [7, 11) is 1.24. The molecule has 0 saturated carbocycles. The van der Waals surface area contributed by atoms with Crippen molar-refractivity contribution in [3.05, 3.63) is 29.1 Å². The number of halogens is 1. The summed E-state index contributed by atoms with van der Waals surface area (Å²) in [6, 6.07) is 3.47. The number of hydrogen-bond acceptors (Lipinski definition) is 3. The average molecular weight is 195 g/mol. The highest BCUT2D eigenvalue weighted by Crippen LogP contribution is 2.21. The molecular weight excluding hydrogens is 189 g/mol. The van der Waals surface area contributed by atoms with Crippen LogP contribution in [-0.2, 0) is 0 Å². The Labute approximate surface area is 79.2 Å². The number of hydrogen-bond donors (Lipinski definition) is 1. The molecule has 0 atom stereocenters. The second kappa shape index (κ2) is 3.75. The zero-order valence-electron chi connectivity index (χ0n) is 7.24. The van der Waals surface area contributed by atoms with Crippen LogP contribution >= 0.6 is 0 Å². The maximum absolute atomic E-state index is 13.0. The van der Waals surface area contributed by atoms with E-state index in [1.807, 2.05) is 0 Å². The number of carbonyl (C=O) groups is 1. The first-order chi connectivity index (χ1) is 6.60. The van der Waals surface area contributed by atoms with Gasteiger partial charge in [0.25, 0.3) is 0 Å². The third kappa shape index (κ3) is 1.64. The van der Waals surface area contributed by atoms with Crippen LogP contribution in [0, 0.1) is 17.1 Å². The van der Waals surface area contributed by atoms with Gasteiger partial charge in [-0.05, 0) is 6.07 Å². The number of nitrogens with zero attached hydrogens (tertiary/aromatic N) is 1. The topological polar surface area (TPSA) is 70.3 Å². The van der Waals surface area contributed by atoms with Gasteiger partial charge in [0.2, 0.25) is 0 Å². The molecule has 4 nitrogen and oxygen atoms in total. The molecule has 0 aliphatic rings. The fraction of sp³-hybridized carbons (Fsp3) is 0.111. The van der Waals surface area contributed by atoms with E-state index in [4.69, 9.17) is 10.4 Å². The van der Waals surface area contributed by atoms with Gasteiger partial charge in [0, 0.05) is 6.07 Å². The molecule has 14 heavy (non-hydrogen) atoms. The van der Waals surface area contributed by atoms with Crippen LogP contribution in [0.4, 0.5) is 4.39 Å². The molecule has 5 heteroatoms. The maximum Gasteiger partial charge on any atom is 0.337 e. The van der Waals surface area contributed by atoms with Crippen molar-refractivity contribution >= 4 is 5.97 Å². The van der Waals surface area contributed by atoms with Crippen LogP contribution in [0.25, 0.3) is 0 Å². The number of carboxylic acids is 1. The maximum atomic E-state index is 13.0. The average Bonchev–Trinajstić information content (AvgIpc) is 2.17. The second-order valence-corrected chi connectivity index (χ2v) is 2.45. The van der Waals surface area contributed by atoms with Crippen LogP contribution in [0.15, 0.2) is 12.1 Å². The minimum absolute atomic E-state index is 0.129. The van der Waals surface area contributed by atoms with E-state index in [1.165, 1.54) is 7.11 Å².